The van der Waals surface area contributed by atoms with Gasteiger partial charge in [0.05, 0.1) is 35.9 Å². The summed E-state index contributed by atoms with van der Waals surface area (Å²) in [6.45, 7) is 2.44. The van der Waals surface area contributed by atoms with Crippen molar-refractivity contribution in [1.82, 2.24) is 14.3 Å². The van der Waals surface area contributed by atoms with E-state index in [0.717, 1.165) is 16.4 Å². The van der Waals surface area contributed by atoms with Crippen LogP contribution in [0.4, 0.5) is 19.1 Å². The van der Waals surface area contributed by atoms with Gasteiger partial charge >= 0.3 is 6.18 Å². The Kier molecular flexibility index (Phi) is 4.76. The second kappa shape index (κ2) is 6.98. The fraction of sp³-hybridized carbons (Fsp3) is 0.412. The minimum absolute atomic E-state index is 0.00618. The summed E-state index contributed by atoms with van der Waals surface area (Å²) >= 11 is 0. The number of benzene rings is 1. The predicted octanol–water partition coefficient (Wildman–Crippen LogP) is 2.04. The number of nitrogens with zero attached hydrogens (tertiary/aromatic N) is 4. The van der Waals surface area contributed by atoms with Crippen molar-refractivity contribution in [2.45, 2.75) is 24.2 Å². The van der Waals surface area contributed by atoms with E-state index >= 15 is 0 Å². The first-order valence-corrected chi connectivity index (χ1v) is 10.0. The second-order valence-corrected chi connectivity index (χ2v) is 8.48. The van der Waals surface area contributed by atoms with Gasteiger partial charge in [0.1, 0.15) is 0 Å². The number of fused-ring (bicyclic) bond motifs is 1. The average Bonchev–Trinajstić information content (AvgIpc) is 3.12. The predicted molar refractivity (Wildman–Crippen MR) is 92.9 cm³/mol. The maximum absolute atomic E-state index is 12.9. The van der Waals surface area contributed by atoms with Gasteiger partial charge in [-0.2, -0.15) is 17.5 Å². The van der Waals surface area contributed by atoms with Crippen molar-refractivity contribution in [3.05, 3.63) is 47.3 Å². The average molecular weight is 414 g/mol. The third kappa shape index (κ3) is 3.56. The molecule has 1 fully saturated rings. The SMILES string of the molecule is O=S(=O)(c1cccc(C(F)(F)F)c1)N1Cc2cnc(N3CCOCC3)nc2C1. The molecular weight excluding hydrogens is 397 g/mol. The summed E-state index contributed by atoms with van der Waals surface area (Å²) < 4.78 is 70.9. The van der Waals surface area contributed by atoms with Gasteiger partial charge in [-0.05, 0) is 18.2 Å². The lowest BCUT2D eigenvalue weighted by Crippen LogP contribution is -2.37. The lowest BCUT2D eigenvalue weighted by molar-refractivity contribution is -0.137. The van der Waals surface area contributed by atoms with E-state index in [1.807, 2.05) is 4.90 Å². The molecule has 0 atom stereocenters. The fourth-order valence-electron chi connectivity index (χ4n) is 3.18. The van der Waals surface area contributed by atoms with Crippen molar-refractivity contribution < 1.29 is 26.3 Å². The Balaban J connectivity index is 1.58. The van der Waals surface area contributed by atoms with Crippen molar-refractivity contribution in [2.75, 3.05) is 31.2 Å². The lowest BCUT2D eigenvalue weighted by Gasteiger charge is -2.26. The molecule has 150 valence electrons. The molecule has 0 saturated carbocycles. The van der Waals surface area contributed by atoms with E-state index in [1.54, 1.807) is 6.20 Å². The summed E-state index contributed by atoms with van der Waals surface area (Å²) in [7, 11) is -4.09. The summed E-state index contributed by atoms with van der Waals surface area (Å²) in [5.41, 5.74) is 0.208. The van der Waals surface area contributed by atoms with E-state index in [9.17, 15) is 21.6 Å². The Labute approximate surface area is 159 Å². The minimum atomic E-state index is -4.61. The van der Waals surface area contributed by atoms with Crippen LogP contribution in [0.25, 0.3) is 0 Å². The van der Waals surface area contributed by atoms with Gasteiger partial charge in [0.15, 0.2) is 0 Å². The van der Waals surface area contributed by atoms with Crippen LogP contribution in [-0.4, -0.2) is 49.0 Å². The monoisotopic (exact) mass is 414 g/mol. The van der Waals surface area contributed by atoms with Gasteiger partial charge in [0.25, 0.3) is 0 Å². The van der Waals surface area contributed by atoms with Crippen LogP contribution in [0, 0.1) is 0 Å². The Hall–Kier alpha value is -2.24. The van der Waals surface area contributed by atoms with Crippen LogP contribution in [0.3, 0.4) is 0 Å². The van der Waals surface area contributed by atoms with Gasteiger partial charge < -0.3 is 9.64 Å². The topological polar surface area (TPSA) is 75.6 Å². The molecule has 1 aromatic heterocycles. The van der Waals surface area contributed by atoms with E-state index in [1.165, 1.54) is 6.07 Å². The highest BCUT2D eigenvalue weighted by Crippen LogP contribution is 2.33. The number of sulfonamides is 1. The molecule has 0 N–H and O–H groups in total. The smallest absolute Gasteiger partial charge is 0.378 e. The molecule has 1 aromatic carbocycles. The third-order valence-electron chi connectivity index (χ3n) is 4.71. The third-order valence-corrected chi connectivity index (χ3v) is 6.50. The Bertz CT molecular complexity index is 991. The molecule has 0 bridgehead atoms. The Morgan fingerprint density at radius 1 is 1.11 bits per heavy atom. The fourth-order valence-corrected chi connectivity index (χ4v) is 4.61. The van der Waals surface area contributed by atoms with Gasteiger partial charge in [-0.1, -0.05) is 6.07 Å². The molecule has 1 saturated heterocycles. The van der Waals surface area contributed by atoms with E-state index < -0.39 is 26.7 Å². The van der Waals surface area contributed by atoms with Crippen LogP contribution in [0.15, 0.2) is 35.4 Å². The highest BCUT2D eigenvalue weighted by Gasteiger charge is 2.35. The quantitative estimate of drug-likeness (QED) is 0.765. The molecule has 4 rings (SSSR count). The number of rotatable bonds is 3. The van der Waals surface area contributed by atoms with Crippen LogP contribution in [0.2, 0.25) is 0 Å². The van der Waals surface area contributed by atoms with Crippen molar-refractivity contribution in [3.63, 3.8) is 0 Å². The number of hydrogen-bond acceptors (Lipinski definition) is 6. The molecule has 2 aromatic rings. The molecule has 0 spiro atoms. The summed E-state index contributed by atoms with van der Waals surface area (Å²) in [5.74, 6) is 0.500. The van der Waals surface area contributed by atoms with Crippen molar-refractivity contribution >= 4 is 16.0 Å². The molecular formula is C17H17F3N4O3S. The number of aromatic nitrogens is 2. The first-order valence-electron chi connectivity index (χ1n) is 8.60. The zero-order chi connectivity index (χ0) is 19.9. The van der Waals surface area contributed by atoms with E-state index in [0.29, 0.717) is 49.6 Å². The molecule has 2 aliphatic rings. The molecule has 0 radical (unpaired) electrons. The van der Waals surface area contributed by atoms with Crippen LogP contribution in [-0.2, 0) is 34.0 Å². The Morgan fingerprint density at radius 2 is 1.86 bits per heavy atom. The zero-order valence-corrected chi connectivity index (χ0v) is 15.5. The van der Waals surface area contributed by atoms with Gasteiger partial charge in [0, 0.05) is 31.4 Å². The summed E-state index contributed by atoms with van der Waals surface area (Å²) in [6.07, 6.45) is -3.03. The zero-order valence-electron chi connectivity index (χ0n) is 14.7. The van der Waals surface area contributed by atoms with E-state index in [-0.39, 0.29) is 13.1 Å². The number of morpholine rings is 1. The molecule has 3 heterocycles. The maximum Gasteiger partial charge on any atom is 0.416 e. The highest BCUT2D eigenvalue weighted by molar-refractivity contribution is 7.89. The summed E-state index contributed by atoms with van der Waals surface area (Å²) in [6, 6.07) is 3.76. The van der Waals surface area contributed by atoms with E-state index in [4.69, 9.17) is 4.74 Å². The van der Waals surface area contributed by atoms with Crippen molar-refractivity contribution in [2.24, 2.45) is 0 Å². The summed E-state index contributed by atoms with van der Waals surface area (Å²) in [5, 5.41) is 0. The van der Waals surface area contributed by atoms with E-state index in [2.05, 4.69) is 9.97 Å². The first-order chi connectivity index (χ1) is 13.2. The minimum Gasteiger partial charge on any atom is -0.378 e. The normalized spacial score (nSPS) is 18.3. The van der Waals surface area contributed by atoms with Crippen LogP contribution in [0.1, 0.15) is 16.8 Å². The van der Waals surface area contributed by atoms with Gasteiger partial charge in [-0.15, -0.1) is 0 Å². The number of anilines is 1. The van der Waals surface area contributed by atoms with Crippen molar-refractivity contribution in [1.29, 1.82) is 0 Å². The van der Waals surface area contributed by atoms with Gasteiger partial charge in [0.2, 0.25) is 16.0 Å². The number of halogens is 3. The molecule has 11 heteroatoms. The number of ether oxygens (including phenoxy) is 1. The highest BCUT2D eigenvalue weighted by atomic mass is 32.2. The first kappa shape index (κ1) is 19.1. The molecule has 28 heavy (non-hydrogen) atoms. The van der Waals surface area contributed by atoms with Crippen LogP contribution < -0.4 is 4.90 Å². The molecule has 0 unspecified atom stereocenters. The maximum atomic E-state index is 12.9. The standard InChI is InChI=1S/C17H17F3N4O3S/c18-17(19,20)13-2-1-3-14(8-13)28(25,26)24-10-12-9-21-16(22-15(12)11-24)23-4-6-27-7-5-23/h1-3,8-9H,4-7,10-11H2. The van der Waals surface area contributed by atoms with Gasteiger partial charge in [-0.3, -0.25) is 0 Å². The summed E-state index contributed by atoms with van der Waals surface area (Å²) in [4.78, 5) is 10.3. The lowest BCUT2D eigenvalue weighted by atomic mass is 10.2. The van der Waals surface area contributed by atoms with Gasteiger partial charge in [-0.25, -0.2) is 18.4 Å². The molecule has 2 aliphatic heterocycles. The van der Waals surface area contributed by atoms with Crippen molar-refractivity contribution in [3.8, 4) is 0 Å². The Morgan fingerprint density at radius 3 is 2.57 bits per heavy atom. The number of alkyl halides is 3. The largest absolute Gasteiger partial charge is 0.416 e. The second-order valence-electron chi connectivity index (χ2n) is 6.54. The molecule has 7 nitrogen and oxygen atoms in total. The number of hydrogen-bond donors (Lipinski definition) is 0. The van der Waals surface area contributed by atoms with Crippen LogP contribution >= 0.6 is 0 Å². The van der Waals surface area contributed by atoms with Crippen LogP contribution in [0.5, 0.6) is 0 Å². The molecule has 0 aliphatic carbocycles. The molecule has 0 amide bonds.